The zero-order chi connectivity index (χ0) is 11.1. The minimum absolute atomic E-state index is 0.272. The zero-order valence-corrected chi connectivity index (χ0v) is 10.8. The summed E-state index contributed by atoms with van der Waals surface area (Å²) in [6.45, 7) is 2.21. The first kappa shape index (κ1) is 12.7. The Kier molecular flexibility index (Phi) is 5.91. The number of benzene rings is 1. The van der Waals surface area contributed by atoms with Gasteiger partial charge in [-0.1, -0.05) is 54.2 Å². The fourth-order valence-electron chi connectivity index (χ4n) is 1.67. The van der Waals surface area contributed by atoms with Crippen LogP contribution in [0.3, 0.4) is 0 Å². The van der Waals surface area contributed by atoms with Gasteiger partial charge in [0, 0.05) is 10.5 Å². The van der Waals surface area contributed by atoms with Gasteiger partial charge in [0.1, 0.15) is 0 Å². The molecule has 0 aliphatic carbocycles. The van der Waals surface area contributed by atoms with Crippen molar-refractivity contribution < 1.29 is 0 Å². The molecule has 0 aromatic heterocycles. The van der Waals surface area contributed by atoms with Crippen LogP contribution < -0.4 is 11.3 Å². The Balaban J connectivity index is 2.57. The fraction of sp³-hybridized carbons (Fsp3) is 0.500. The molecule has 0 saturated carbocycles. The van der Waals surface area contributed by atoms with Gasteiger partial charge in [0.05, 0.1) is 0 Å². The van der Waals surface area contributed by atoms with Crippen LogP contribution in [0.2, 0.25) is 0 Å². The Hall–Kier alpha value is -0.380. The molecule has 2 nitrogen and oxygen atoms in total. The smallest absolute Gasteiger partial charge is 0.0460 e. The predicted octanol–water partition coefficient (Wildman–Crippen LogP) is 3.53. The van der Waals surface area contributed by atoms with Gasteiger partial charge in [0.2, 0.25) is 0 Å². The molecule has 1 aromatic rings. The van der Waals surface area contributed by atoms with E-state index in [1.165, 1.54) is 24.8 Å². The van der Waals surface area contributed by atoms with E-state index in [2.05, 4.69) is 40.4 Å². The van der Waals surface area contributed by atoms with E-state index in [1.54, 1.807) is 0 Å². The molecule has 0 fully saturated rings. The summed E-state index contributed by atoms with van der Waals surface area (Å²) in [6.07, 6.45) is 4.83. The van der Waals surface area contributed by atoms with Crippen molar-refractivity contribution in [2.45, 2.75) is 38.6 Å². The highest BCUT2D eigenvalue weighted by Crippen LogP contribution is 2.22. The molecule has 0 radical (unpaired) electrons. The van der Waals surface area contributed by atoms with Gasteiger partial charge in [-0.25, -0.2) is 0 Å². The van der Waals surface area contributed by atoms with Crippen molar-refractivity contribution in [2.75, 3.05) is 0 Å². The molecule has 0 heterocycles. The molecule has 0 aliphatic rings. The average Bonchev–Trinajstić information content (AvgIpc) is 2.24. The van der Waals surface area contributed by atoms with Gasteiger partial charge in [-0.3, -0.25) is 11.3 Å². The molecule has 0 amide bonds. The second-order valence-corrected chi connectivity index (χ2v) is 4.69. The van der Waals surface area contributed by atoms with E-state index in [9.17, 15) is 0 Å². The van der Waals surface area contributed by atoms with Crippen LogP contribution in [0.1, 0.15) is 44.2 Å². The standard InChI is InChI=1S/C12H19BrN2/c1-2-3-4-8-12(15-14)10-6-5-7-11(13)9-10/h5-7,9,12,15H,2-4,8,14H2,1H3. The minimum Gasteiger partial charge on any atom is -0.271 e. The molecule has 3 heteroatoms. The predicted molar refractivity (Wildman–Crippen MR) is 68.3 cm³/mol. The monoisotopic (exact) mass is 270 g/mol. The molecular weight excluding hydrogens is 252 g/mol. The summed E-state index contributed by atoms with van der Waals surface area (Å²) in [5.74, 6) is 5.57. The van der Waals surface area contributed by atoms with Crippen molar-refractivity contribution in [2.24, 2.45) is 5.84 Å². The maximum absolute atomic E-state index is 5.57. The fourth-order valence-corrected chi connectivity index (χ4v) is 2.08. The lowest BCUT2D eigenvalue weighted by molar-refractivity contribution is 0.487. The van der Waals surface area contributed by atoms with Gasteiger partial charge >= 0.3 is 0 Å². The molecule has 84 valence electrons. The van der Waals surface area contributed by atoms with Crippen LogP contribution in [0.15, 0.2) is 28.7 Å². The minimum atomic E-state index is 0.272. The lowest BCUT2D eigenvalue weighted by Crippen LogP contribution is -2.27. The van der Waals surface area contributed by atoms with Gasteiger partial charge in [0.15, 0.2) is 0 Å². The summed E-state index contributed by atoms with van der Waals surface area (Å²) in [5, 5.41) is 0. The van der Waals surface area contributed by atoms with E-state index in [1.807, 2.05) is 12.1 Å². The van der Waals surface area contributed by atoms with Gasteiger partial charge in [0.25, 0.3) is 0 Å². The van der Waals surface area contributed by atoms with Crippen molar-refractivity contribution in [1.82, 2.24) is 5.43 Å². The molecule has 15 heavy (non-hydrogen) atoms. The largest absolute Gasteiger partial charge is 0.271 e. The van der Waals surface area contributed by atoms with E-state index in [0.29, 0.717) is 0 Å². The number of hydrazine groups is 1. The third-order valence-corrected chi connectivity index (χ3v) is 3.04. The van der Waals surface area contributed by atoms with Crippen LogP contribution in [0.4, 0.5) is 0 Å². The van der Waals surface area contributed by atoms with E-state index < -0.39 is 0 Å². The molecule has 0 bridgehead atoms. The highest BCUT2D eigenvalue weighted by atomic mass is 79.9. The molecule has 0 spiro atoms. The first-order valence-corrected chi connectivity index (χ1v) is 6.28. The average molecular weight is 271 g/mol. The van der Waals surface area contributed by atoms with Gasteiger partial charge in [-0.2, -0.15) is 0 Å². The number of rotatable bonds is 6. The van der Waals surface area contributed by atoms with Crippen molar-refractivity contribution in [3.8, 4) is 0 Å². The summed E-state index contributed by atoms with van der Waals surface area (Å²) in [7, 11) is 0. The first-order valence-electron chi connectivity index (χ1n) is 5.49. The molecule has 0 aliphatic heterocycles. The third kappa shape index (κ3) is 4.33. The molecule has 1 aromatic carbocycles. The van der Waals surface area contributed by atoms with Crippen LogP contribution in [0, 0.1) is 0 Å². The molecule has 3 N–H and O–H groups in total. The van der Waals surface area contributed by atoms with Gasteiger partial charge < -0.3 is 0 Å². The van der Waals surface area contributed by atoms with Crippen LogP contribution in [-0.2, 0) is 0 Å². The Labute approximate surface area is 100 Å². The summed E-state index contributed by atoms with van der Waals surface area (Å²) in [6, 6.07) is 8.58. The lowest BCUT2D eigenvalue weighted by atomic mass is 10.0. The number of hydrogen-bond donors (Lipinski definition) is 2. The Morgan fingerprint density at radius 3 is 2.80 bits per heavy atom. The summed E-state index contributed by atoms with van der Waals surface area (Å²) < 4.78 is 1.11. The quantitative estimate of drug-likeness (QED) is 0.472. The maximum atomic E-state index is 5.57. The van der Waals surface area contributed by atoms with E-state index >= 15 is 0 Å². The number of nitrogens with two attached hydrogens (primary N) is 1. The normalized spacial score (nSPS) is 12.7. The van der Waals surface area contributed by atoms with E-state index in [4.69, 9.17) is 5.84 Å². The van der Waals surface area contributed by atoms with E-state index in [0.717, 1.165) is 10.9 Å². The van der Waals surface area contributed by atoms with Crippen molar-refractivity contribution in [1.29, 1.82) is 0 Å². The summed E-state index contributed by atoms with van der Waals surface area (Å²) >= 11 is 3.47. The summed E-state index contributed by atoms with van der Waals surface area (Å²) in [5.41, 5.74) is 4.14. The SMILES string of the molecule is CCCCCC(NN)c1cccc(Br)c1. The number of halogens is 1. The lowest BCUT2D eigenvalue weighted by Gasteiger charge is -2.16. The number of hydrogen-bond acceptors (Lipinski definition) is 2. The second-order valence-electron chi connectivity index (χ2n) is 3.77. The molecule has 1 atom stereocenters. The van der Waals surface area contributed by atoms with Crippen molar-refractivity contribution in [3.05, 3.63) is 34.3 Å². The summed E-state index contributed by atoms with van der Waals surface area (Å²) in [4.78, 5) is 0. The number of nitrogens with one attached hydrogen (secondary N) is 1. The molecule has 1 unspecified atom stereocenters. The molecular formula is C12H19BrN2. The topological polar surface area (TPSA) is 38.0 Å². The Bertz CT molecular complexity index is 289. The van der Waals surface area contributed by atoms with Crippen LogP contribution in [0.5, 0.6) is 0 Å². The van der Waals surface area contributed by atoms with Crippen LogP contribution in [0.25, 0.3) is 0 Å². The van der Waals surface area contributed by atoms with Gasteiger partial charge in [-0.05, 0) is 24.1 Å². The zero-order valence-electron chi connectivity index (χ0n) is 9.17. The molecule has 0 saturated heterocycles. The van der Waals surface area contributed by atoms with Gasteiger partial charge in [-0.15, -0.1) is 0 Å². The van der Waals surface area contributed by atoms with E-state index in [-0.39, 0.29) is 6.04 Å². The van der Waals surface area contributed by atoms with Crippen molar-refractivity contribution >= 4 is 15.9 Å². The molecule has 1 rings (SSSR count). The number of unbranched alkanes of at least 4 members (excludes halogenated alkanes) is 2. The Morgan fingerprint density at radius 1 is 1.40 bits per heavy atom. The second kappa shape index (κ2) is 6.99. The van der Waals surface area contributed by atoms with Crippen LogP contribution in [-0.4, -0.2) is 0 Å². The van der Waals surface area contributed by atoms with Crippen LogP contribution >= 0.6 is 15.9 Å². The maximum Gasteiger partial charge on any atom is 0.0460 e. The third-order valence-electron chi connectivity index (χ3n) is 2.55. The Morgan fingerprint density at radius 2 is 2.20 bits per heavy atom. The van der Waals surface area contributed by atoms with Crippen molar-refractivity contribution in [3.63, 3.8) is 0 Å². The first-order chi connectivity index (χ1) is 7.27. The highest BCUT2D eigenvalue weighted by molar-refractivity contribution is 9.10. The highest BCUT2D eigenvalue weighted by Gasteiger charge is 2.08.